The third kappa shape index (κ3) is 2.72. The summed E-state index contributed by atoms with van der Waals surface area (Å²) in [5.74, 6) is 0.571. The maximum Gasteiger partial charge on any atom is 0.289 e. The number of amides is 1. The van der Waals surface area contributed by atoms with Gasteiger partial charge in [-0.3, -0.25) is 4.79 Å². The fraction of sp³-hybridized carbons (Fsp3) is 0.526. The number of benzene rings is 1. The van der Waals surface area contributed by atoms with Crippen LogP contribution in [0, 0.1) is 20.8 Å². The van der Waals surface area contributed by atoms with Gasteiger partial charge >= 0.3 is 0 Å². The van der Waals surface area contributed by atoms with Gasteiger partial charge in [-0.05, 0) is 51.2 Å². The summed E-state index contributed by atoms with van der Waals surface area (Å²) < 4.78 is 6.03. The van der Waals surface area contributed by atoms with Crippen LogP contribution in [-0.4, -0.2) is 36.0 Å². The van der Waals surface area contributed by atoms with E-state index >= 15 is 0 Å². The number of nitrogens with one attached hydrogen (secondary N) is 1. The zero-order valence-electron chi connectivity index (χ0n) is 14.5. The van der Waals surface area contributed by atoms with E-state index in [2.05, 4.69) is 24.4 Å². The molecule has 0 spiro atoms. The number of fused-ring (bicyclic) bond motifs is 3. The van der Waals surface area contributed by atoms with Gasteiger partial charge in [-0.25, -0.2) is 0 Å². The lowest BCUT2D eigenvalue weighted by atomic mass is 10.0. The zero-order chi connectivity index (χ0) is 16.1. The Hall–Kier alpha value is -1.52. The maximum atomic E-state index is 13.0. The molecule has 1 amide bonds. The molecule has 4 rings (SSSR count). The number of hydrogen-bond donors (Lipinski definition) is 1. The summed E-state index contributed by atoms with van der Waals surface area (Å²) in [6.07, 6.45) is 3.46. The molecule has 2 atom stereocenters. The first-order chi connectivity index (χ1) is 11.0. The summed E-state index contributed by atoms with van der Waals surface area (Å²) in [6.45, 7) is 7.74. The second-order valence-electron chi connectivity index (χ2n) is 7.14. The number of rotatable bonds is 1. The minimum atomic E-state index is 0. The molecule has 130 valence electrons. The van der Waals surface area contributed by atoms with Gasteiger partial charge in [0.1, 0.15) is 5.58 Å². The topological polar surface area (TPSA) is 45.5 Å². The molecule has 1 aromatic carbocycles. The van der Waals surface area contributed by atoms with Gasteiger partial charge in [0, 0.05) is 36.1 Å². The van der Waals surface area contributed by atoms with E-state index in [9.17, 15) is 4.79 Å². The molecule has 2 aliphatic rings. The minimum absolute atomic E-state index is 0. The molecule has 0 aliphatic carbocycles. The highest BCUT2D eigenvalue weighted by atomic mass is 35.5. The standard InChI is InChI=1S/C19H24N2O2.ClH/c1-11-4-5-12(2)17-16(11)13(3)18(23-17)19(22)21-9-8-14-6-7-15(10-21)20-14;/h4-5,14-15,20H,6-10H2,1-3H3;1H. The van der Waals surface area contributed by atoms with Gasteiger partial charge in [0.2, 0.25) is 0 Å². The highest BCUT2D eigenvalue weighted by Crippen LogP contribution is 2.32. The molecule has 1 N–H and O–H groups in total. The van der Waals surface area contributed by atoms with Crippen LogP contribution in [0.25, 0.3) is 11.0 Å². The van der Waals surface area contributed by atoms with Gasteiger partial charge in [0.15, 0.2) is 5.76 Å². The molecule has 24 heavy (non-hydrogen) atoms. The number of halogens is 1. The van der Waals surface area contributed by atoms with E-state index in [0.29, 0.717) is 17.8 Å². The molecule has 2 bridgehead atoms. The zero-order valence-corrected chi connectivity index (χ0v) is 15.3. The van der Waals surface area contributed by atoms with E-state index in [-0.39, 0.29) is 18.3 Å². The molecule has 2 aliphatic heterocycles. The molecule has 2 unspecified atom stereocenters. The van der Waals surface area contributed by atoms with Crippen LogP contribution < -0.4 is 5.32 Å². The number of likely N-dealkylation sites (tertiary alicyclic amines) is 1. The molecule has 0 radical (unpaired) electrons. The Morgan fingerprint density at radius 3 is 2.58 bits per heavy atom. The van der Waals surface area contributed by atoms with E-state index in [1.807, 2.05) is 18.7 Å². The number of furan rings is 1. The molecule has 3 heterocycles. The smallest absolute Gasteiger partial charge is 0.289 e. The van der Waals surface area contributed by atoms with Gasteiger partial charge in [-0.1, -0.05) is 12.1 Å². The van der Waals surface area contributed by atoms with Crippen molar-refractivity contribution < 1.29 is 9.21 Å². The average Bonchev–Trinajstić information content (AvgIpc) is 3.03. The van der Waals surface area contributed by atoms with Gasteiger partial charge in [0.25, 0.3) is 5.91 Å². The van der Waals surface area contributed by atoms with Gasteiger partial charge in [0.05, 0.1) is 0 Å². The van der Waals surface area contributed by atoms with Crippen LogP contribution in [0.1, 0.15) is 46.5 Å². The number of carbonyl (C=O) groups is 1. The van der Waals surface area contributed by atoms with E-state index in [1.54, 1.807) is 0 Å². The Morgan fingerprint density at radius 1 is 1.12 bits per heavy atom. The molecule has 2 aromatic rings. The third-order valence-electron chi connectivity index (χ3n) is 5.49. The first-order valence-corrected chi connectivity index (χ1v) is 8.59. The normalized spacial score (nSPS) is 23.2. The molecule has 1 aromatic heterocycles. The fourth-order valence-corrected chi connectivity index (χ4v) is 4.15. The number of carbonyl (C=O) groups excluding carboxylic acids is 1. The summed E-state index contributed by atoms with van der Waals surface area (Å²) in [4.78, 5) is 15.0. The highest BCUT2D eigenvalue weighted by Gasteiger charge is 2.33. The van der Waals surface area contributed by atoms with Crippen molar-refractivity contribution in [1.29, 1.82) is 0 Å². The second kappa shape index (κ2) is 6.41. The van der Waals surface area contributed by atoms with Crippen molar-refractivity contribution >= 4 is 29.3 Å². The summed E-state index contributed by atoms with van der Waals surface area (Å²) in [5.41, 5.74) is 4.10. The summed E-state index contributed by atoms with van der Waals surface area (Å²) in [6, 6.07) is 5.19. The average molecular weight is 349 g/mol. The van der Waals surface area contributed by atoms with Crippen molar-refractivity contribution in [3.8, 4) is 0 Å². The SMILES string of the molecule is Cc1ccc(C)c2c(C)c(C(=O)N3CCC4CCC(C3)N4)oc12.Cl. The second-order valence-corrected chi connectivity index (χ2v) is 7.14. The van der Waals surface area contributed by atoms with Crippen LogP contribution in [0.3, 0.4) is 0 Å². The molecule has 4 nitrogen and oxygen atoms in total. The first-order valence-electron chi connectivity index (χ1n) is 8.59. The Labute approximate surface area is 149 Å². The van der Waals surface area contributed by atoms with Crippen LogP contribution in [0.2, 0.25) is 0 Å². The lowest BCUT2D eigenvalue weighted by molar-refractivity contribution is 0.0717. The van der Waals surface area contributed by atoms with Crippen molar-refractivity contribution in [2.45, 2.75) is 52.1 Å². The molecule has 0 saturated carbocycles. The van der Waals surface area contributed by atoms with Gasteiger partial charge in [-0.15, -0.1) is 12.4 Å². The molecular weight excluding hydrogens is 324 g/mol. The highest BCUT2D eigenvalue weighted by molar-refractivity contribution is 6.00. The lowest BCUT2D eigenvalue weighted by Gasteiger charge is -2.23. The van der Waals surface area contributed by atoms with Crippen LogP contribution in [0.4, 0.5) is 0 Å². The predicted molar refractivity (Wildman–Crippen MR) is 98.1 cm³/mol. The van der Waals surface area contributed by atoms with E-state index in [0.717, 1.165) is 41.6 Å². The van der Waals surface area contributed by atoms with E-state index in [4.69, 9.17) is 4.42 Å². The summed E-state index contributed by atoms with van der Waals surface area (Å²) in [7, 11) is 0. The van der Waals surface area contributed by atoms with Crippen LogP contribution in [0.15, 0.2) is 16.5 Å². The number of hydrogen-bond acceptors (Lipinski definition) is 3. The van der Waals surface area contributed by atoms with Crippen molar-refractivity contribution in [2.24, 2.45) is 0 Å². The fourth-order valence-electron chi connectivity index (χ4n) is 4.15. The maximum absolute atomic E-state index is 13.0. The van der Waals surface area contributed by atoms with Gasteiger partial charge < -0.3 is 14.6 Å². The quantitative estimate of drug-likeness (QED) is 0.853. The molecule has 2 fully saturated rings. The summed E-state index contributed by atoms with van der Waals surface area (Å²) in [5, 5.41) is 4.72. The Morgan fingerprint density at radius 2 is 1.83 bits per heavy atom. The molecular formula is C19H25ClN2O2. The Bertz CT molecular complexity index is 783. The van der Waals surface area contributed by atoms with Gasteiger partial charge in [-0.2, -0.15) is 0 Å². The van der Waals surface area contributed by atoms with Crippen molar-refractivity contribution in [3.63, 3.8) is 0 Å². The molecule has 2 saturated heterocycles. The largest absolute Gasteiger partial charge is 0.450 e. The van der Waals surface area contributed by atoms with E-state index < -0.39 is 0 Å². The van der Waals surface area contributed by atoms with Crippen LogP contribution >= 0.6 is 12.4 Å². The minimum Gasteiger partial charge on any atom is -0.450 e. The Balaban J connectivity index is 0.00000169. The van der Waals surface area contributed by atoms with Crippen molar-refractivity contribution in [1.82, 2.24) is 10.2 Å². The molecule has 5 heteroatoms. The van der Waals surface area contributed by atoms with Crippen molar-refractivity contribution in [3.05, 3.63) is 34.6 Å². The summed E-state index contributed by atoms with van der Waals surface area (Å²) >= 11 is 0. The number of aryl methyl sites for hydroxylation is 3. The predicted octanol–water partition coefficient (Wildman–Crippen LogP) is 3.75. The van der Waals surface area contributed by atoms with E-state index in [1.165, 1.54) is 18.4 Å². The first kappa shape index (κ1) is 17.3. The lowest BCUT2D eigenvalue weighted by Crippen LogP contribution is -2.39. The Kier molecular flexibility index (Phi) is 4.63. The number of nitrogens with zero attached hydrogens (tertiary/aromatic N) is 1. The van der Waals surface area contributed by atoms with Crippen LogP contribution in [0.5, 0.6) is 0 Å². The van der Waals surface area contributed by atoms with Crippen LogP contribution in [-0.2, 0) is 0 Å². The monoisotopic (exact) mass is 348 g/mol. The third-order valence-corrected chi connectivity index (χ3v) is 5.49. The van der Waals surface area contributed by atoms with Crippen molar-refractivity contribution in [2.75, 3.05) is 13.1 Å².